The summed E-state index contributed by atoms with van der Waals surface area (Å²) < 4.78 is 1.25. The second-order valence-corrected chi connectivity index (χ2v) is 6.30. The molecule has 3 aliphatic heterocycles. The summed E-state index contributed by atoms with van der Waals surface area (Å²) in [6, 6.07) is 8.70. The minimum absolute atomic E-state index is 0.155. The summed E-state index contributed by atoms with van der Waals surface area (Å²) in [4.78, 5) is 14.6. The zero-order chi connectivity index (χ0) is 11.8. The molecule has 0 aliphatic carbocycles. The van der Waals surface area contributed by atoms with Gasteiger partial charge in [0, 0.05) is 9.49 Å². The molecule has 1 unspecified atom stereocenters. The molecule has 0 radical (unpaired) electrons. The second kappa shape index (κ2) is 4.69. The first-order valence-corrected chi connectivity index (χ1v) is 7.34. The van der Waals surface area contributed by atoms with Gasteiger partial charge in [0.1, 0.15) is 0 Å². The first-order valence-electron chi connectivity index (χ1n) is 6.26. The lowest BCUT2D eigenvalue weighted by Gasteiger charge is -2.44. The van der Waals surface area contributed by atoms with Gasteiger partial charge >= 0.3 is 0 Å². The van der Waals surface area contributed by atoms with Gasteiger partial charge in [-0.2, -0.15) is 0 Å². The molecule has 17 heavy (non-hydrogen) atoms. The number of nitrogens with zero attached hydrogens (tertiary/aromatic N) is 1. The van der Waals surface area contributed by atoms with Crippen molar-refractivity contribution in [3.05, 3.63) is 33.4 Å². The third-order valence-electron chi connectivity index (χ3n) is 4.04. The van der Waals surface area contributed by atoms with E-state index in [4.69, 9.17) is 0 Å². The van der Waals surface area contributed by atoms with Crippen molar-refractivity contribution in [2.24, 2.45) is 5.92 Å². The standard InChI is InChI=1S/C14H16INO/c15-12-3-1-10(2-4-12)9-13-14(17)11-5-7-16(13)8-6-11/h1-4,11,13H,5-9H2. The number of rotatable bonds is 2. The van der Waals surface area contributed by atoms with E-state index in [1.54, 1.807) is 0 Å². The van der Waals surface area contributed by atoms with Crippen molar-refractivity contribution < 1.29 is 4.79 Å². The molecule has 0 aromatic heterocycles. The topological polar surface area (TPSA) is 20.3 Å². The fourth-order valence-electron chi connectivity index (χ4n) is 3.02. The van der Waals surface area contributed by atoms with Crippen LogP contribution >= 0.6 is 22.6 Å². The predicted octanol–water partition coefficient (Wildman–Crippen LogP) is 2.50. The van der Waals surface area contributed by atoms with Gasteiger partial charge in [-0.25, -0.2) is 0 Å². The highest BCUT2D eigenvalue weighted by atomic mass is 127. The highest BCUT2D eigenvalue weighted by Gasteiger charge is 2.40. The van der Waals surface area contributed by atoms with Crippen LogP contribution in [-0.4, -0.2) is 29.8 Å². The van der Waals surface area contributed by atoms with Crippen LogP contribution in [0.2, 0.25) is 0 Å². The number of hydrogen-bond donors (Lipinski definition) is 0. The first-order chi connectivity index (χ1) is 8.24. The van der Waals surface area contributed by atoms with Crippen LogP contribution in [0.25, 0.3) is 0 Å². The Labute approximate surface area is 116 Å². The first kappa shape index (κ1) is 11.7. The summed E-state index contributed by atoms with van der Waals surface area (Å²) in [6.07, 6.45) is 3.07. The maximum Gasteiger partial charge on any atom is 0.153 e. The van der Waals surface area contributed by atoms with Crippen LogP contribution in [0.4, 0.5) is 0 Å². The Morgan fingerprint density at radius 1 is 1.18 bits per heavy atom. The maximum atomic E-state index is 12.2. The zero-order valence-corrected chi connectivity index (χ0v) is 11.9. The molecule has 0 saturated carbocycles. The Morgan fingerprint density at radius 3 is 2.41 bits per heavy atom. The molecule has 2 bridgehead atoms. The number of carbonyl (C=O) groups excluding carboxylic acids is 1. The average Bonchev–Trinajstić information content (AvgIpc) is 2.37. The highest BCUT2D eigenvalue weighted by Crippen LogP contribution is 2.30. The molecule has 1 aromatic rings. The third kappa shape index (κ3) is 2.27. The van der Waals surface area contributed by atoms with E-state index in [-0.39, 0.29) is 6.04 Å². The monoisotopic (exact) mass is 341 g/mol. The van der Waals surface area contributed by atoms with Crippen LogP contribution in [0.1, 0.15) is 18.4 Å². The molecule has 3 heterocycles. The quantitative estimate of drug-likeness (QED) is 0.771. The van der Waals surface area contributed by atoms with Crippen molar-refractivity contribution in [2.45, 2.75) is 25.3 Å². The molecule has 3 aliphatic rings. The zero-order valence-electron chi connectivity index (χ0n) is 9.73. The molecule has 1 atom stereocenters. The number of hydrogen-bond acceptors (Lipinski definition) is 2. The van der Waals surface area contributed by atoms with Crippen molar-refractivity contribution in [1.82, 2.24) is 4.90 Å². The SMILES string of the molecule is O=C1C2CCN(CC2)C1Cc1ccc(I)cc1. The summed E-state index contributed by atoms with van der Waals surface area (Å²) in [6.45, 7) is 2.23. The molecule has 0 N–H and O–H groups in total. The molecule has 3 saturated heterocycles. The Hall–Kier alpha value is -0.420. The second-order valence-electron chi connectivity index (χ2n) is 5.06. The number of ketones is 1. The summed E-state index contributed by atoms with van der Waals surface area (Å²) in [5.74, 6) is 0.842. The molecule has 0 spiro atoms. The van der Waals surface area contributed by atoms with Gasteiger partial charge in [0.2, 0.25) is 0 Å². The normalized spacial score (nSPS) is 31.8. The van der Waals surface area contributed by atoms with Crippen LogP contribution < -0.4 is 0 Å². The number of fused-ring (bicyclic) bond motifs is 3. The number of halogens is 1. The third-order valence-corrected chi connectivity index (χ3v) is 4.76. The molecule has 1 aromatic carbocycles. The average molecular weight is 341 g/mol. The lowest BCUT2D eigenvalue weighted by atomic mass is 9.80. The van der Waals surface area contributed by atoms with Gasteiger partial charge in [-0.15, -0.1) is 0 Å². The Bertz CT molecular complexity index is 420. The summed E-state index contributed by atoms with van der Waals surface area (Å²) >= 11 is 2.31. The number of carbonyl (C=O) groups is 1. The van der Waals surface area contributed by atoms with Gasteiger partial charge in [0.15, 0.2) is 5.78 Å². The number of Topliss-reactive ketones (excluding diaryl/α,β-unsaturated/α-hetero) is 1. The molecular weight excluding hydrogens is 325 g/mol. The van der Waals surface area contributed by atoms with Crippen molar-refractivity contribution >= 4 is 28.4 Å². The Kier molecular flexibility index (Phi) is 3.21. The summed E-state index contributed by atoms with van der Waals surface area (Å²) in [7, 11) is 0. The van der Waals surface area contributed by atoms with Crippen molar-refractivity contribution in [3.63, 3.8) is 0 Å². The van der Waals surface area contributed by atoms with Crippen LogP contribution in [0.5, 0.6) is 0 Å². The van der Waals surface area contributed by atoms with Gasteiger partial charge in [-0.1, -0.05) is 12.1 Å². The van der Waals surface area contributed by atoms with Crippen molar-refractivity contribution in [2.75, 3.05) is 13.1 Å². The minimum Gasteiger partial charge on any atom is -0.298 e. The molecular formula is C14H16INO. The van der Waals surface area contributed by atoms with Crippen LogP contribution in [-0.2, 0) is 11.2 Å². The van der Waals surface area contributed by atoms with Crippen LogP contribution in [0, 0.1) is 9.49 Å². The molecule has 3 fully saturated rings. The Morgan fingerprint density at radius 2 is 1.82 bits per heavy atom. The van der Waals surface area contributed by atoms with Crippen molar-refractivity contribution in [3.8, 4) is 0 Å². The maximum absolute atomic E-state index is 12.2. The minimum atomic E-state index is 0.155. The van der Waals surface area contributed by atoms with Gasteiger partial charge in [-0.05, 0) is 72.6 Å². The molecule has 2 nitrogen and oxygen atoms in total. The van der Waals surface area contributed by atoms with E-state index in [1.165, 1.54) is 9.13 Å². The molecule has 90 valence electrons. The number of piperidine rings is 3. The van der Waals surface area contributed by atoms with E-state index >= 15 is 0 Å². The fourth-order valence-corrected chi connectivity index (χ4v) is 3.38. The van der Waals surface area contributed by atoms with Gasteiger partial charge in [0.05, 0.1) is 6.04 Å². The largest absolute Gasteiger partial charge is 0.298 e. The van der Waals surface area contributed by atoms with Crippen LogP contribution in [0.15, 0.2) is 24.3 Å². The predicted molar refractivity (Wildman–Crippen MR) is 76.0 cm³/mol. The van der Waals surface area contributed by atoms with E-state index in [0.29, 0.717) is 11.7 Å². The lowest BCUT2D eigenvalue weighted by Crippen LogP contribution is -2.56. The fraction of sp³-hybridized carbons (Fsp3) is 0.500. The lowest BCUT2D eigenvalue weighted by molar-refractivity contribution is -0.136. The van der Waals surface area contributed by atoms with E-state index in [2.05, 4.69) is 51.8 Å². The van der Waals surface area contributed by atoms with E-state index in [0.717, 1.165) is 32.4 Å². The summed E-state index contributed by atoms with van der Waals surface area (Å²) in [5.41, 5.74) is 1.29. The smallest absolute Gasteiger partial charge is 0.153 e. The van der Waals surface area contributed by atoms with E-state index in [9.17, 15) is 4.79 Å². The molecule has 3 heteroatoms. The summed E-state index contributed by atoms with van der Waals surface area (Å²) in [5, 5.41) is 0. The van der Waals surface area contributed by atoms with Crippen LogP contribution in [0.3, 0.4) is 0 Å². The van der Waals surface area contributed by atoms with Gasteiger partial charge < -0.3 is 0 Å². The van der Waals surface area contributed by atoms with E-state index in [1.807, 2.05) is 0 Å². The van der Waals surface area contributed by atoms with Gasteiger partial charge in [0.25, 0.3) is 0 Å². The Balaban J connectivity index is 1.76. The molecule has 0 amide bonds. The number of benzene rings is 1. The van der Waals surface area contributed by atoms with Crippen molar-refractivity contribution in [1.29, 1.82) is 0 Å². The molecule has 4 rings (SSSR count). The van der Waals surface area contributed by atoms with E-state index < -0.39 is 0 Å². The van der Waals surface area contributed by atoms with Gasteiger partial charge in [-0.3, -0.25) is 9.69 Å². The highest BCUT2D eigenvalue weighted by molar-refractivity contribution is 14.1.